The highest BCUT2D eigenvalue weighted by atomic mass is 16.5. The summed E-state index contributed by atoms with van der Waals surface area (Å²) in [6.45, 7) is 1.72. The average molecular weight is 202 g/mol. The molecule has 0 aliphatic carbocycles. The number of carbonyl (C=O) groups excluding carboxylic acids is 1. The number of carbonyl (C=O) groups is 1. The molecular formula is C12H10O3. The van der Waals surface area contributed by atoms with E-state index in [0.717, 1.165) is 0 Å². The van der Waals surface area contributed by atoms with E-state index in [1.54, 1.807) is 25.1 Å². The van der Waals surface area contributed by atoms with E-state index >= 15 is 0 Å². The molecule has 15 heavy (non-hydrogen) atoms. The van der Waals surface area contributed by atoms with Gasteiger partial charge in [0.25, 0.3) is 0 Å². The number of aryl methyl sites for hydroxylation is 1. The van der Waals surface area contributed by atoms with Gasteiger partial charge in [0.1, 0.15) is 17.1 Å². The van der Waals surface area contributed by atoms with E-state index in [1.165, 1.54) is 6.26 Å². The molecule has 0 aliphatic heterocycles. The van der Waals surface area contributed by atoms with Gasteiger partial charge in [0, 0.05) is 0 Å². The maximum atomic E-state index is 11.6. The Hall–Kier alpha value is -2.03. The molecule has 2 aromatic rings. The Labute approximate surface area is 87.3 Å². The fourth-order valence-corrected chi connectivity index (χ4v) is 1.25. The minimum atomic E-state index is -0.396. The van der Waals surface area contributed by atoms with E-state index < -0.39 is 5.97 Å². The van der Waals surface area contributed by atoms with Gasteiger partial charge in [-0.05, 0) is 25.1 Å². The van der Waals surface area contributed by atoms with Gasteiger partial charge in [-0.25, -0.2) is 4.79 Å². The second-order valence-electron chi connectivity index (χ2n) is 3.09. The molecule has 1 heterocycles. The molecule has 0 N–H and O–H groups in total. The monoisotopic (exact) mass is 202 g/mol. The first-order valence-corrected chi connectivity index (χ1v) is 4.58. The van der Waals surface area contributed by atoms with Crippen LogP contribution in [0.1, 0.15) is 16.1 Å². The topological polar surface area (TPSA) is 39.4 Å². The number of hydrogen-bond donors (Lipinski definition) is 0. The lowest BCUT2D eigenvalue weighted by Crippen LogP contribution is -2.08. The summed E-state index contributed by atoms with van der Waals surface area (Å²) in [5, 5.41) is 0. The van der Waals surface area contributed by atoms with Crippen molar-refractivity contribution in [1.29, 1.82) is 0 Å². The van der Waals surface area contributed by atoms with Crippen LogP contribution < -0.4 is 4.74 Å². The van der Waals surface area contributed by atoms with Crippen LogP contribution in [0.4, 0.5) is 0 Å². The van der Waals surface area contributed by atoms with Gasteiger partial charge in [-0.1, -0.05) is 18.2 Å². The SMILES string of the molecule is Cc1occc1C(=O)Oc1ccccc1. The van der Waals surface area contributed by atoms with Crippen molar-refractivity contribution in [3.8, 4) is 5.75 Å². The van der Waals surface area contributed by atoms with Crippen LogP contribution in [0.25, 0.3) is 0 Å². The summed E-state index contributed by atoms with van der Waals surface area (Å²) in [4.78, 5) is 11.6. The molecule has 0 radical (unpaired) electrons. The van der Waals surface area contributed by atoms with Gasteiger partial charge in [-0.3, -0.25) is 0 Å². The van der Waals surface area contributed by atoms with E-state index in [0.29, 0.717) is 17.1 Å². The van der Waals surface area contributed by atoms with Gasteiger partial charge < -0.3 is 9.15 Å². The number of furan rings is 1. The normalized spacial score (nSPS) is 9.93. The Bertz CT molecular complexity index is 457. The van der Waals surface area contributed by atoms with Crippen molar-refractivity contribution in [1.82, 2.24) is 0 Å². The molecule has 1 aromatic carbocycles. The fraction of sp³-hybridized carbons (Fsp3) is 0.0833. The second kappa shape index (κ2) is 4.00. The second-order valence-corrected chi connectivity index (χ2v) is 3.09. The quantitative estimate of drug-likeness (QED) is 0.555. The highest BCUT2D eigenvalue weighted by molar-refractivity contribution is 5.91. The Morgan fingerprint density at radius 1 is 1.20 bits per heavy atom. The molecule has 0 saturated carbocycles. The van der Waals surface area contributed by atoms with Crippen molar-refractivity contribution in [2.75, 3.05) is 0 Å². The highest BCUT2D eigenvalue weighted by Gasteiger charge is 2.13. The number of benzene rings is 1. The first-order chi connectivity index (χ1) is 7.27. The average Bonchev–Trinajstić information content (AvgIpc) is 2.66. The minimum Gasteiger partial charge on any atom is -0.469 e. The molecule has 0 spiro atoms. The molecule has 0 unspecified atom stereocenters. The van der Waals surface area contributed by atoms with Crippen LogP contribution in [0.5, 0.6) is 5.75 Å². The van der Waals surface area contributed by atoms with Crippen LogP contribution in [-0.4, -0.2) is 5.97 Å². The summed E-state index contributed by atoms with van der Waals surface area (Å²) in [5.41, 5.74) is 0.457. The van der Waals surface area contributed by atoms with Crippen molar-refractivity contribution < 1.29 is 13.9 Å². The van der Waals surface area contributed by atoms with Crippen molar-refractivity contribution in [2.24, 2.45) is 0 Å². The summed E-state index contributed by atoms with van der Waals surface area (Å²) in [7, 11) is 0. The van der Waals surface area contributed by atoms with Gasteiger partial charge in [0.2, 0.25) is 0 Å². The zero-order valence-corrected chi connectivity index (χ0v) is 8.27. The van der Waals surface area contributed by atoms with Gasteiger partial charge in [-0.2, -0.15) is 0 Å². The van der Waals surface area contributed by atoms with Crippen LogP contribution in [0, 0.1) is 6.92 Å². The van der Waals surface area contributed by atoms with E-state index in [1.807, 2.05) is 18.2 Å². The lowest BCUT2D eigenvalue weighted by Gasteiger charge is -2.02. The Morgan fingerprint density at radius 2 is 1.93 bits per heavy atom. The third-order valence-electron chi connectivity index (χ3n) is 2.03. The Kier molecular flexibility index (Phi) is 2.54. The third-order valence-corrected chi connectivity index (χ3v) is 2.03. The van der Waals surface area contributed by atoms with Crippen molar-refractivity contribution in [3.05, 3.63) is 54.0 Å². The highest BCUT2D eigenvalue weighted by Crippen LogP contribution is 2.14. The van der Waals surface area contributed by atoms with E-state index in [2.05, 4.69) is 0 Å². The van der Waals surface area contributed by atoms with E-state index in [-0.39, 0.29) is 0 Å². The maximum Gasteiger partial charge on any atom is 0.347 e. The molecule has 3 nitrogen and oxygen atoms in total. The zero-order chi connectivity index (χ0) is 10.7. The molecular weight excluding hydrogens is 192 g/mol. The fourth-order valence-electron chi connectivity index (χ4n) is 1.25. The van der Waals surface area contributed by atoms with E-state index in [4.69, 9.17) is 9.15 Å². The molecule has 0 amide bonds. The first-order valence-electron chi connectivity index (χ1n) is 4.58. The minimum absolute atomic E-state index is 0.396. The van der Waals surface area contributed by atoms with Gasteiger partial charge in [-0.15, -0.1) is 0 Å². The molecule has 0 aliphatic rings. The Balaban J connectivity index is 2.15. The lowest BCUT2D eigenvalue weighted by atomic mass is 10.2. The molecule has 0 fully saturated rings. The molecule has 2 rings (SSSR count). The van der Waals surface area contributed by atoms with Crippen molar-refractivity contribution in [2.45, 2.75) is 6.92 Å². The van der Waals surface area contributed by atoms with Crippen LogP contribution >= 0.6 is 0 Å². The van der Waals surface area contributed by atoms with Crippen molar-refractivity contribution in [3.63, 3.8) is 0 Å². The first kappa shape index (κ1) is 9.52. The summed E-state index contributed by atoms with van der Waals surface area (Å²) < 4.78 is 10.2. The smallest absolute Gasteiger partial charge is 0.347 e. The van der Waals surface area contributed by atoms with Crippen LogP contribution in [-0.2, 0) is 0 Å². The standard InChI is InChI=1S/C12H10O3/c1-9-11(7-8-14-9)12(13)15-10-5-3-2-4-6-10/h2-8H,1H3. The summed E-state index contributed by atoms with van der Waals surface area (Å²) in [5.74, 6) is 0.700. The van der Waals surface area contributed by atoms with Crippen LogP contribution in [0.2, 0.25) is 0 Å². The third kappa shape index (κ3) is 2.07. The van der Waals surface area contributed by atoms with Crippen LogP contribution in [0.3, 0.4) is 0 Å². The van der Waals surface area contributed by atoms with Gasteiger partial charge in [0.15, 0.2) is 0 Å². The van der Waals surface area contributed by atoms with Gasteiger partial charge >= 0.3 is 5.97 Å². The lowest BCUT2D eigenvalue weighted by molar-refractivity contribution is 0.0733. The number of esters is 1. The maximum absolute atomic E-state index is 11.6. The molecule has 1 aromatic heterocycles. The molecule has 0 bridgehead atoms. The summed E-state index contributed by atoms with van der Waals surface area (Å²) in [6.07, 6.45) is 1.47. The van der Waals surface area contributed by atoms with E-state index in [9.17, 15) is 4.79 Å². The summed E-state index contributed by atoms with van der Waals surface area (Å²) >= 11 is 0. The molecule has 0 saturated heterocycles. The zero-order valence-electron chi connectivity index (χ0n) is 8.27. The molecule has 3 heteroatoms. The largest absolute Gasteiger partial charge is 0.469 e. The van der Waals surface area contributed by atoms with Gasteiger partial charge in [0.05, 0.1) is 6.26 Å². The number of rotatable bonds is 2. The predicted molar refractivity (Wildman–Crippen MR) is 54.8 cm³/mol. The number of ether oxygens (including phenoxy) is 1. The molecule has 76 valence electrons. The number of para-hydroxylation sites is 1. The predicted octanol–water partition coefficient (Wildman–Crippen LogP) is 2.81. The number of hydrogen-bond acceptors (Lipinski definition) is 3. The molecule has 0 atom stereocenters. The Morgan fingerprint density at radius 3 is 2.53 bits per heavy atom. The summed E-state index contributed by atoms with van der Waals surface area (Å²) in [6, 6.07) is 10.5. The van der Waals surface area contributed by atoms with Crippen molar-refractivity contribution >= 4 is 5.97 Å². The van der Waals surface area contributed by atoms with Crippen LogP contribution in [0.15, 0.2) is 47.1 Å².